The second-order valence-electron chi connectivity index (χ2n) is 13.8. The third-order valence-electron chi connectivity index (χ3n) is 10.6. The Balaban J connectivity index is 1.55. The van der Waals surface area contributed by atoms with Crippen LogP contribution in [0.15, 0.2) is 71.9 Å². The van der Waals surface area contributed by atoms with Crippen LogP contribution in [0.1, 0.15) is 130 Å². The summed E-state index contributed by atoms with van der Waals surface area (Å²) >= 11 is 0. The molecule has 0 heterocycles. The largest absolute Gasteiger partial charge is 0.330 e. The molecule has 0 bridgehead atoms. The minimum Gasteiger partial charge on any atom is -0.330 e. The second-order valence-corrected chi connectivity index (χ2v) is 13.8. The van der Waals surface area contributed by atoms with Crippen molar-refractivity contribution >= 4 is 0 Å². The van der Waals surface area contributed by atoms with Gasteiger partial charge in [-0.3, -0.25) is 0 Å². The Labute approximate surface area is 249 Å². The molecule has 5 atom stereocenters. The van der Waals surface area contributed by atoms with Crippen molar-refractivity contribution in [1.82, 2.24) is 0 Å². The quantitative estimate of drug-likeness (QED) is 0.134. The molecule has 0 saturated heterocycles. The summed E-state index contributed by atoms with van der Waals surface area (Å²) in [4.78, 5) is 0. The second kappa shape index (κ2) is 18.0. The van der Waals surface area contributed by atoms with E-state index in [1.165, 1.54) is 107 Å². The fraction of sp³-hybridized carbons (Fsp3) is 0.692. The van der Waals surface area contributed by atoms with Crippen molar-refractivity contribution < 1.29 is 0 Å². The SMILES string of the molecule is C=C/C(=C\C[C@H]1CCC2=C1CCC=C2)CC(C)C[C@H](CCCCN)[C@H](C)C/C(C=C)=C/CC(C)C1CCCCC1. The lowest BCUT2D eigenvalue weighted by Gasteiger charge is -2.29. The first kappa shape index (κ1) is 32.9. The van der Waals surface area contributed by atoms with Gasteiger partial charge in [-0.1, -0.05) is 132 Å². The van der Waals surface area contributed by atoms with Crippen LogP contribution in [0.25, 0.3) is 0 Å². The van der Waals surface area contributed by atoms with Crippen LogP contribution in [-0.2, 0) is 0 Å². The van der Waals surface area contributed by atoms with E-state index < -0.39 is 0 Å². The van der Waals surface area contributed by atoms with Crippen molar-refractivity contribution in [2.75, 3.05) is 6.54 Å². The molecule has 1 nitrogen and oxygen atoms in total. The highest BCUT2D eigenvalue weighted by Crippen LogP contribution is 2.40. The molecule has 2 N–H and O–H groups in total. The Hall–Kier alpha value is -1.60. The molecule has 0 aromatic rings. The molecule has 0 radical (unpaired) electrons. The van der Waals surface area contributed by atoms with Gasteiger partial charge in [0, 0.05) is 0 Å². The summed E-state index contributed by atoms with van der Waals surface area (Å²) in [6.07, 6.45) is 36.2. The maximum absolute atomic E-state index is 5.89. The van der Waals surface area contributed by atoms with Crippen LogP contribution in [0.5, 0.6) is 0 Å². The monoisotopic (exact) mass is 545 g/mol. The highest BCUT2D eigenvalue weighted by molar-refractivity contribution is 5.35. The van der Waals surface area contributed by atoms with E-state index >= 15 is 0 Å². The van der Waals surface area contributed by atoms with Crippen LogP contribution in [-0.4, -0.2) is 6.54 Å². The lowest BCUT2D eigenvalue weighted by Crippen LogP contribution is -2.17. The smallest absolute Gasteiger partial charge is 0.00773 e. The van der Waals surface area contributed by atoms with Gasteiger partial charge in [-0.05, 0) is 112 Å². The van der Waals surface area contributed by atoms with Crippen molar-refractivity contribution in [3.8, 4) is 0 Å². The lowest BCUT2D eigenvalue weighted by molar-refractivity contribution is 0.261. The van der Waals surface area contributed by atoms with E-state index in [0.29, 0.717) is 11.8 Å². The Morgan fingerprint density at radius 2 is 1.70 bits per heavy atom. The molecule has 3 rings (SSSR count). The minimum atomic E-state index is 0.674. The van der Waals surface area contributed by atoms with Crippen molar-refractivity contribution in [2.45, 2.75) is 130 Å². The number of unbranched alkanes of at least 4 members (excludes halogenated alkanes) is 1. The molecule has 1 saturated carbocycles. The first-order chi connectivity index (χ1) is 19.4. The summed E-state index contributed by atoms with van der Waals surface area (Å²) in [7, 11) is 0. The van der Waals surface area contributed by atoms with Gasteiger partial charge < -0.3 is 5.73 Å². The van der Waals surface area contributed by atoms with E-state index in [1.54, 1.807) is 11.1 Å². The van der Waals surface area contributed by atoms with Crippen molar-refractivity contribution in [2.24, 2.45) is 41.2 Å². The number of rotatable bonds is 18. The van der Waals surface area contributed by atoms with Gasteiger partial charge in [0.2, 0.25) is 0 Å². The molecule has 0 aromatic carbocycles. The summed E-state index contributed by atoms with van der Waals surface area (Å²) < 4.78 is 0. The average molecular weight is 546 g/mol. The van der Waals surface area contributed by atoms with Gasteiger partial charge in [0.25, 0.3) is 0 Å². The number of hydrogen-bond donors (Lipinski definition) is 1. The summed E-state index contributed by atoms with van der Waals surface area (Å²) in [6.45, 7) is 16.7. The molecular formula is C39H63N. The van der Waals surface area contributed by atoms with E-state index in [1.807, 2.05) is 0 Å². The molecule has 224 valence electrons. The molecule has 0 aliphatic heterocycles. The van der Waals surface area contributed by atoms with E-state index in [4.69, 9.17) is 5.73 Å². The van der Waals surface area contributed by atoms with Gasteiger partial charge in [-0.25, -0.2) is 0 Å². The van der Waals surface area contributed by atoms with Crippen LogP contribution in [0.2, 0.25) is 0 Å². The van der Waals surface area contributed by atoms with Gasteiger partial charge in [0.05, 0.1) is 0 Å². The molecule has 3 aliphatic carbocycles. The maximum atomic E-state index is 5.89. The predicted octanol–water partition coefficient (Wildman–Crippen LogP) is 11.5. The summed E-state index contributed by atoms with van der Waals surface area (Å²) in [5, 5.41) is 0. The molecule has 0 amide bonds. The van der Waals surface area contributed by atoms with Gasteiger partial charge in [0.1, 0.15) is 0 Å². The molecular weight excluding hydrogens is 482 g/mol. The Bertz CT molecular complexity index is 892. The fourth-order valence-corrected chi connectivity index (χ4v) is 7.96. The first-order valence-corrected chi connectivity index (χ1v) is 17.2. The zero-order valence-electron chi connectivity index (χ0n) is 26.6. The van der Waals surface area contributed by atoms with E-state index in [0.717, 1.165) is 43.1 Å². The predicted molar refractivity (Wildman–Crippen MR) is 178 cm³/mol. The van der Waals surface area contributed by atoms with Gasteiger partial charge >= 0.3 is 0 Å². The Morgan fingerprint density at radius 3 is 2.42 bits per heavy atom. The number of nitrogens with two attached hydrogens (primary N) is 1. The first-order valence-electron chi connectivity index (χ1n) is 17.2. The standard InChI is InChI=1S/C39H63N/c1-6-33(22-23-37-25-24-36-17-11-12-19-39(36)37)27-30(3)28-38(18-13-14-26-40)32(5)29-34(7-2)21-20-31(4)35-15-9-8-10-16-35/h6-7,11,17,21-22,30-32,35,37-38H,1-2,8-10,12-16,18-20,23-29,40H2,3-5H3/b33-22+,34-21+/t30?,31?,32-,37+,38+/m1/s1. The van der Waals surface area contributed by atoms with Crippen LogP contribution >= 0.6 is 0 Å². The zero-order valence-corrected chi connectivity index (χ0v) is 26.6. The van der Waals surface area contributed by atoms with Crippen LogP contribution in [0.4, 0.5) is 0 Å². The van der Waals surface area contributed by atoms with Gasteiger partial charge in [-0.2, -0.15) is 0 Å². The highest BCUT2D eigenvalue weighted by atomic mass is 14.5. The Kier molecular flexibility index (Phi) is 14.8. The van der Waals surface area contributed by atoms with Crippen molar-refractivity contribution in [3.05, 3.63) is 71.9 Å². The third-order valence-corrected chi connectivity index (χ3v) is 10.6. The fourth-order valence-electron chi connectivity index (χ4n) is 7.96. The van der Waals surface area contributed by atoms with Crippen LogP contribution in [0.3, 0.4) is 0 Å². The van der Waals surface area contributed by atoms with Crippen LogP contribution in [0, 0.1) is 35.5 Å². The minimum absolute atomic E-state index is 0.674. The van der Waals surface area contributed by atoms with Crippen molar-refractivity contribution in [3.63, 3.8) is 0 Å². The van der Waals surface area contributed by atoms with Gasteiger partial charge in [0.15, 0.2) is 0 Å². The molecule has 2 unspecified atom stereocenters. The Morgan fingerprint density at radius 1 is 0.950 bits per heavy atom. The molecule has 1 fully saturated rings. The normalized spacial score (nSPS) is 23.6. The van der Waals surface area contributed by atoms with E-state index in [-0.39, 0.29) is 0 Å². The van der Waals surface area contributed by atoms with E-state index in [9.17, 15) is 0 Å². The maximum Gasteiger partial charge on any atom is -0.00773 e. The molecule has 0 aromatic heterocycles. The van der Waals surface area contributed by atoms with Crippen molar-refractivity contribution in [1.29, 1.82) is 0 Å². The summed E-state index contributed by atoms with van der Waals surface area (Å²) in [5.74, 6) is 4.58. The molecule has 0 spiro atoms. The molecule has 40 heavy (non-hydrogen) atoms. The summed E-state index contributed by atoms with van der Waals surface area (Å²) in [5.41, 5.74) is 12.2. The lowest BCUT2D eigenvalue weighted by atomic mass is 9.77. The number of hydrogen-bond acceptors (Lipinski definition) is 1. The molecule has 1 heteroatoms. The zero-order chi connectivity index (χ0) is 28.7. The summed E-state index contributed by atoms with van der Waals surface area (Å²) in [6, 6.07) is 0. The average Bonchev–Trinajstić information content (AvgIpc) is 3.40. The van der Waals surface area contributed by atoms with Gasteiger partial charge in [-0.15, -0.1) is 0 Å². The van der Waals surface area contributed by atoms with Crippen LogP contribution < -0.4 is 5.73 Å². The topological polar surface area (TPSA) is 26.0 Å². The highest BCUT2D eigenvalue weighted by Gasteiger charge is 2.25. The molecule has 3 aliphatic rings. The third kappa shape index (κ3) is 10.7. The van der Waals surface area contributed by atoms with E-state index in [2.05, 4.69) is 70.4 Å². The number of allylic oxidation sites excluding steroid dienone is 10.